The lowest BCUT2D eigenvalue weighted by atomic mass is 10.0. The van der Waals surface area contributed by atoms with Gasteiger partial charge >= 0.3 is 0 Å². The zero-order valence-electron chi connectivity index (χ0n) is 10.1. The van der Waals surface area contributed by atoms with Gasteiger partial charge in [0.2, 0.25) is 0 Å². The summed E-state index contributed by atoms with van der Waals surface area (Å²) in [4.78, 5) is 13.6. The predicted octanol–water partition coefficient (Wildman–Crippen LogP) is 0.731. The number of hydrogen-bond acceptors (Lipinski definition) is 4. The number of ether oxygens (including phenoxy) is 1. The lowest BCUT2D eigenvalue weighted by Gasteiger charge is -2.40. The molecule has 0 aliphatic carbocycles. The Kier molecular flexibility index (Phi) is 2.71. The molecule has 0 atom stereocenters. The number of benzene rings is 1. The summed E-state index contributed by atoms with van der Waals surface area (Å²) >= 11 is 0. The molecule has 0 aromatic heterocycles. The van der Waals surface area contributed by atoms with Crippen LogP contribution in [0.1, 0.15) is 13.8 Å². The molecule has 1 aromatic carbocycles. The molecule has 0 unspecified atom stereocenters. The number of carbonyl (C=O) groups is 1. The largest absolute Gasteiger partial charge is 0.482 e. The van der Waals surface area contributed by atoms with E-state index in [9.17, 15) is 4.79 Å². The summed E-state index contributed by atoms with van der Waals surface area (Å²) in [6.07, 6.45) is 0. The quantitative estimate of drug-likeness (QED) is 0.740. The first-order valence-corrected chi connectivity index (χ1v) is 5.51. The van der Waals surface area contributed by atoms with Gasteiger partial charge in [0.1, 0.15) is 5.75 Å². The van der Waals surface area contributed by atoms with Gasteiger partial charge in [0.25, 0.3) is 5.91 Å². The molecule has 0 bridgehead atoms. The topological polar surface area (TPSA) is 81.6 Å². The smallest absolute Gasteiger partial charge is 0.265 e. The van der Waals surface area contributed by atoms with Crippen LogP contribution in [0.15, 0.2) is 18.2 Å². The molecule has 1 heterocycles. The molecular weight excluding hydrogens is 218 g/mol. The molecule has 1 amide bonds. The van der Waals surface area contributed by atoms with Gasteiger partial charge in [0, 0.05) is 12.2 Å². The molecule has 4 N–H and O–H groups in total. The van der Waals surface area contributed by atoms with Gasteiger partial charge in [0.05, 0.1) is 11.2 Å². The number of nitrogens with two attached hydrogens (primary N) is 2. The van der Waals surface area contributed by atoms with Crippen molar-refractivity contribution in [2.75, 3.05) is 23.8 Å². The Hall–Kier alpha value is -1.75. The number of nitrogens with zero attached hydrogens (tertiary/aromatic N) is 1. The lowest BCUT2D eigenvalue weighted by molar-refractivity contribution is -0.122. The maximum Gasteiger partial charge on any atom is 0.265 e. The van der Waals surface area contributed by atoms with Gasteiger partial charge in [-0.1, -0.05) is 0 Å². The van der Waals surface area contributed by atoms with E-state index in [4.69, 9.17) is 16.2 Å². The van der Waals surface area contributed by atoms with Crippen LogP contribution in [-0.4, -0.2) is 24.6 Å². The maximum atomic E-state index is 12.0. The number of rotatable bonds is 2. The highest BCUT2D eigenvalue weighted by Gasteiger charge is 2.36. The minimum atomic E-state index is -0.455. The Morgan fingerprint density at radius 2 is 2.18 bits per heavy atom. The number of carbonyl (C=O) groups excluding carboxylic acids is 1. The van der Waals surface area contributed by atoms with Crippen molar-refractivity contribution in [3.63, 3.8) is 0 Å². The van der Waals surface area contributed by atoms with Crippen molar-refractivity contribution in [3.8, 4) is 5.75 Å². The average Bonchev–Trinajstić information content (AvgIpc) is 2.28. The van der Waals surface area contributed by atoms with Crippen molar-refractivity contribution in [3.05, 3.63) is 18.2 Å². The Balaban J connectivity index is 2.53. The van der Waals surface area contributed by atoms with Crippen LogP contribution in [0.25, 0.3) is 0 Å². The summed E-state index contributed by atoms with van der Waals surface area (Å²) in [6, 6.07) is 5.27. The highest BCUT2D eigenvalue weighted by Crippen LogP contribution is 2.37. The van der Waals surface area contributed by atoms with Crippen molar-refractivity contribution in [2.24, 2.45) is 5.73 Å². The molecule has 5 nitrogen and oxygen atoms in total. The second-order valence-corrected chi connectivity index (χ2v) is 4.76. The van der Waals surface area contributed by atoms with Gasteiger partial charge in [-0.05, 0) is 32.0 Å². The Labute approximate surface area is 100 Å². The van der Waals surface area contributed by atoms with E-state index in [1.165, 1.54) is 0 Å². The minimum absolute atomic E-state index is 0.0420. The van der Waals surface area contributed by atoms with Crippen molar-refractivity contribution in [1.29, 1.82) is 0 Å². The van der Waals surface area contributed by atoms with E-state index in [1.54, 1.807) is 23.1 Å². The minimum Gasteiger partial charge on any atom is -0.482 e. The van der Waals surface area contributed by atoms with Crippen LogP contribution < -0.4 is 21.1 Å². The van der Waals surface area contributed by atoms with Gasteiger partial charge in [-0.3, -0.25) is 9.69 Å². The van der Waals surface area contributed by atoms with E-state index < -0.39 is 5.54 Å². The van der Waals surface area contributed by atoms with E-state index in [0.717, 1.165) is 0 Å². The van der Waals surface area contributed by atoms with Crippen molar-refractivity contribution < 1.29 is 9.53 Å². The Bertz CT molecular complexity index is 457. The molecule has 1 aliphatic rings. The standard InChI is InChI=1S/C12H17N3O2/c1-12(2,7-13)15-9-5-8(14)3-4-10(9)17-6-11(15)16/h3-5H,6-7,13-14H2,1-2H3. The predicted molar refractivity (Wildman–Crippen MR) is 67.0 cm³/mol. The fourth-order valence-corrected chi connectivity index (χ4v) is 1.92. The molecule has 0 saturated heterocycles. The first kappa shape index (κ1) is 11.7. The molecule has 2 rings (SSSR count). The summed E-state index contributed by atoms with van der Waals surface area (Å²) in [5.41, 5.74) is 12.3. The fourth-order valence-electron chi connectivity index (χ4n) is 1.92. The van der Waals surface area contributed by atoms with Gasteiger partial charge in [-0.15, -0.1) is 0 Å². The van der Waals surface area contributed by atoms with E-state index in [2.05, 4.69) is 0 Å². The molecule has 1 aromatic rings. The molecular formula is C12H17N3O2. The maximum absolute atomic E-state index is 12.0. The van der Waals surface area contributed by atoms with Crippen LogP contribution in [0.4, 0.5) is 11.4 Å². The Morgan fingerprint density at radius 1 is 1.47 bits per heavy atom. The van der Waals surface area contributed by atoms with E-state index >= 15 is 0 Å². The zero-order valence-corrected chi connectivity index (χ0v) is 10.1. The third-order valence-corrected chi connectivity index (χ3v) is 2.93. The van der Waals surface area contributed by atoms with E-state index in [0.29, 0.717) is 23.7 Å². The zero-order chi connectivity index (χ0) is 12.6. The van der Waals surface area contributed by atoms with Gasteiger partial charge in [0.15, 0.2) is 6.61 Å². The molecule has 0 saturated carbocycles. The molecule has 17 heavy (non-hydrogen) atoms. The molecule has 0 spiro atoms. The normalized spacial score (nSPS) is 15.5. The lowest BCUT2D eigenvalue weighted by Crippen LogP contribution is -2.55. The van der Waals surface area contributed by atoms with Crippen molar-refractivity contribution >= 4 is 17.3 Å². The first-order valence-electron chi connectivity index (χ1n) is 5.51. The SMILES string of the molecule is CC(C)(CN)N1C(=O)COc2ccc(N)cc21. The summed E-state index contributed by atoms with van der Waals surface area (Å²) in [7, 11) is 0. The molecule has 5 heteroatoms. The average molecular weight is 235 g/mol. The third kappa shape index (κ3) is 1.93. The van der Waals surface area contributed by atoms with Crippen LogP contribution in [0.3, 0.4) is 0 Å². The van der Waals surface area contributed by atoms with Crippen molar-refractivity contribution in [2.45, 2.75) is 19.4 Å². The monoisotopic (exact) mass is 235 g/mol. The number of nitrogen functional groups attached to an aromatic ring is 1. The van der Waals surface area contributed by atoms with E-state index in [1.807, 2.05) is 13.8 Å². The molecule has 0 radical (unpaired) electrons. The fraction of sp³-hybridized carbons (Fsp3) is 0.417. The Morgan fingerprint density at radius 3 is 2.82 bits per heavy atom. The molecule has 0 fully saturated rings. The number of amides is 1. The molecule has 1 aliphatic heterocycles. The van der Waals surface area contributed by atoms with Crippen LogP contribution in [-0.2, 0) is 4.79 Å². The van der Waals surface area contributed by atoms with Gasteiger partial charge in [-0.2, -0.15) is 0 Å². The van der Waals surface area contributed by atoms with Crippen LogP contribution in [0, 0.1) is 0 Å². The highest BCUT2D eigenvalue weighted by atomic mass is 16.5. The second-order valence-electron chi connectivity index (χ2n) is 4.76. The van der Waals surface area contributed by atoms with Crippen LogP contribution >= 0.6 is 0 Å². The van der Waals surface area contributed by atoms with Crippen LogP contribution in [0.5, 0.6) is 5.75 Å². The summed E-state index contributed by atoms with van der Waals surface area (Å²) < 4.78 is 5.37. The number of hydrogen-bond donors (Lipinski definition) is 2. The third-order valence-electron chi connectivity index (χ3n) is 2.93. The van der Waals surface area contributed by atoms with Gasteiger partial charge < -0.3 is 16.2 Å². The molecule has 92 valence electrons. The number of anilines is 2. The van der Waals surface area contributed by atoms with Gasteiger partial charge in [-0.25, -0.2) is 0 Å². The van der Waals surface area contributed by atoms with Crippen molar-refractivity contribution in [1.82, 2.24) is 0 Å². The van der Waals surface area contributed by atoms with E-state index in [-0.39, 0.29) is 12.5 Å². The summed E-state index contributed by atoms with van der Waals surface area (Å²) in [5.74, 6) is 0.568. The van der Waals surface area contributed by atoms with Crippen LogP contribution in [0.2, 0.25) is 0 Å². The summed E-state index contributed by atoms with van der Waals surface area (Å²) in [6.45, 7) is 4.25. The second kappa shape index (κ2) is 3.92. The highest BCUT2D eigenvalue weighted by molar-refractivity contribution is 5.99. The first-order chi connectivity index (χ1) is 7.95. The number of fused-ring (bicyclic) bond motifs is 1. The summed E-state index contributed by atoms with van der Waals surface area (Å²) in [5, 5.41) is 0.